The minimum absolute atomic E-state index is 0.0987. The number of halogens is 1. The van der Waals surface area contributed by atoms with Crippen LogP contribution in [0.1, 0.15) is 29.0 Å². The van der Waals surface area contributed by atoms with Gasteiger partial charge in [-0.3, -0.25) is 14.0 Å². The van der Waals surface area contributed by atoms with Crippen molar-refractivity contribution in [3.63, 3.8) is 0 Å². The lowest BCUT2D eigenvalue weighted by atomic mass is 10.2. The largest absolute Gasteiger partial charge is 0.352 e. The lowest BCUT2D eigenvalue weighted by Gasteiger charge is -2.06. The fourth-order valence-electron chi connectivity index (χ4n) is 2.43. The van der Waals surface area contributed by atoms with Gasteiger partial charge in [-0.05, 0) is 42.8 Å². The summed E-state index contributed by atoms with van der Waals surface area (Å²) in [5, 5.41) is 14.3. The molecule has 7 nitrogen and oxygen atoms in total. The Hall–Kier alpha value is -2.93. The molecule has 0 atom stereocenters. The molecule has 8 heteroatoms. The number of hydrogen-bond donors (Lipinski definition) is 2. The Balaban J connectivity index is 1.38. The molecular weight excluding hydrogens is 354 g/mol. The summed E-state index contributed by atoms with van der Waals surface area (Å²) in [5.41, 5.74) is 1.28. The Labute approximate surface area is 155 Å². The van der Waals surface area contributed by atoms with Crippen molar-refractivity contribution in [1.29, 1.82) is 0 Å². The molecule has 3 rings (SSSR count). The Bertz CT molecular complexity index is 907. The number of pyridine rings is 1. The maximum atomic E-state index is 11.9. The summed E-state index contributed by atoms with van der Waals surface area (Å²) in [6.07, 6.45) is 2.71. The monoisotopic (exact) mass is 371 g/mol. The van der Waals surface area contributed by atoms with Gasteiger partial charge >= 0.3 is 0 Å². The Morgan fingerprint density at radius 3 is 2.65 bits per heavy atom. The highest BCUT2D eigenvalue weighted by molar-refractivity contribution is 6.30. The Morgan fingerprint density at radius 1 is 1.04 bits per heavy atom. The summed E-state index contributed by atoms with van der Waals surface area (Å²) >= 11 is 5.79. The second-order valence-corrected chi connectivity index (χ2v) is 6.12. The summed E-state index contributed by atoms with van der Waals surface area (Å²) in [7, 11) is 0. The molecule has 0 spiro atoms. The van der Waals surface area contributed by atoms with Crippen LogP contribution in [0.2, 0.25) is 5.02 Å². The minimum Gasteiger partial charge on any atom is -0.352 e. The highest BCUT2D eigenvalue weighted by atomic mass is 35.5. The first kappa shape index (κ1) is 17.9. The Morgan fingerprint density at radius 2 is 1.85 bits per heavy atom. The van der Waals surface area contributed by atoms with Crippen molar-refractivity contribution in [2.75, 3.05) is 6.54 Å². The number of aromatic nitrogens is 3. The van der Waals surface area contributed by atoms with Crippen molar-refractivity contribution in [3.8, 4) is 0 Å². The van der Waals surface area contributed by atoms with E-state index in [9.17, 15) is 9.59 Å². The first-order valence-electron chi connectivity index (χ1n) is 8.22. The third kappa shape index (κ3) is 4.58. The molecule has 0 fully saturated rings. The van der Waals surface area contributed by atoms with E-state index in [1.54, 1.807) is 24.3 Å². The number of hydrogen-bond acceptors (Lipinski definition) is 4. The molecule has 0 saturated heterocycles. The highest BCUT2D eigenvalue weighted by Crippen LogP contribution is 2.09. The van der Waals surface area contributed by atoms with Gasteiger partial charge in [-0.25, -0.2) is 0 Å². The van der Waals surface area contributed by atoms with E-state index >= 15 is 0 Å². The predicted molar refractivity (Wildman–Crippen MR) is 97.9 cm³/mol. The summed E-state index contributed by atoms with van der Waals surface area (Å²) in [6, 6.07) is 12.3. The van der Waals surface area contributed by atoms with E-state index in [1.807, 2.05) is 28.8 Å². The van der Waals surface area contributed by atoms with Gasteiger partial charge in [0.15, 0.2) is 11.5 Å². The molecule has 26 heavy (non-hydrogen) atoms. The van der Waals surface area contributed by atoms with Crippen LogP contribution in [-0.2, 0) is 11.3 Å². The quantitative estimate of drug-likeness (QED) is 0.623. The van der Waals surface area contributed by atoms with Gasteiger partial charge < -0.3 is 10.6 Å². The molecule has 0 aliphatic carbocycles. The van der Waals surface area contributed by atoms with E-state index in [-0.39, 0.29) is 11.8 Å². The predicted octanol–water partition coefficient (Wildman–Crippen LogP) is 2.21. The lowest BCUT2D eigenvalue weighted by molar-refractivity contribution is -0.121. The summed E-state index contributed by atoms with van der Waals surface area (Å²) < 4.78 is 1.83. The van der Waals surface area contributed by atoms with Crippen LogP contribution in [-0.4, -0.2) is 33.0 Å². The maximum Gasteiger partial charge on any atom is 0.251 e. The zero-order valence-corrected chi connectivity index (χ0v) is 14.7. The number of rotatable bonds is 7. The standard InChI is InChI=1S/C18H18ClN5O2/c19-14-8-6-13(7-9-14)18(26)20-10-3-5-17(25)21-12-16-23-22-15-4-1-2-11-24(15)16/h1-2,4,6-9,11H,3,5,10,12H2,(H,20,26)(H,21,25). The van der Waals surface area contributed by atoms with Gasteiger partial charge in [0.25, 0.3) is 5.91 Å². The average molecular weight is 372 g/mol. The van der Waals surface area contributed by atoms with E-state index in [0.29, 0.717) is 42.3 Å². The maximum absolute atomic E-state index is 11.9. The van der Waals surface area contributed by atoms with E-state index in [4.69, 9.17) is 11.6 Å². The molecule has 3 aromatic rings. The van der Waals surface area contributed by atoms with Crippen molar-refractivity contribution < 1.29 is 9.59 Å². The van der Waals surface area contributed by atoms with Crippen LogP contribution in [0.5, 0.6) is 0 Å². The average Bonchev–Trinajstić information content (AvgIpc) is 3.07. The van der Waals surface area contributed by atoms with Crippen molar-refractivity contribution in [2.24, 2.45) is 0 Å². The number of nitrogens with zero attached hydrogens (tertiary/aromatic N) is 3. The number of carbonyl (C=O) groups excluding carboxylic acids is 2. The van der Waals surface area contributed by atoms with Crippen LogP contribution in [0.3, 0.4) is 0 Å². The van der Waals surface area contributed by atoms with Crippen molar-refractivity contribution in [2.45, 2.75) is 19.4 Å². The van der Waals surface area contributed by atoms with Gasteiger partial charge in [0.1, 0.15) is 0 Å². The molecule has 0 unspecified atom stereocenters. The van der Waals surface area contributed by atoms with Crippen LogP contribution in [0, 0.1) is 0 Å². The third-order valence-corrected chi connectivity index (χ3v) is 4.05. The molecule has 0 bridgehead atoms. The highest BCUT2D eigenvalue weighted by Gasteiger charge is 2.08. The zero-order valence-electron chi connectivity index (χ0n) is 14.0. The fourth-order valence-corrected chi connectivity index (χ4v) is 2.56. The fraction of sp³-hybridized carbons (Fsp3) is 0.222. The molecule has 2 heterocycles. The smallest absolute Gasteiger partial charge is 0.251 e. The second-order valence-electron chi connectivity index (χ2n) is 5.69. The lowest BCUT2D eigenvalue weighted by Crippen LogP contribution is -2.27. The third-order valence-electron chi connectivity index (χ3n) is 3.80. The molecule has 2 aromatic heterocycles. The van der Waals surface area contributed by atoms with Gasteiger partial charge in [0.2, 0.25) is 5.91 Å². The molecule has 0 aliphatic heterocycles. The van der Waals surface area contributed by atoms with Crippen LogP contribution >= 0.6 is 11.6 Å². The topological polar surface area (TPSA) is 88.4 Å². The van der Waals surface area contributed by atoms with Gasteiger partial charge in [-0.1, -0.05) is 17.7 Å². The molecule has 0 saturated carbocycles. The first-order chi connectivity index (χ1) is 12.6. The van der Waals surface area contributed by atoms with Crippen molar-refractivity contribution in [1.82, 2.24) is 25.2 Å². The molecule has 0 radical (unpaired) electrons. The second kappa shape index (κ2) is 8.44. The summed E-state index contributed by atoms with van der Waals surface area (Å²) in [6.45, 7) is 0.726. The molecule has 1 aromatic carbocycles. The van der Waals surface area contributed by atoms with E-state index in [0.717, 1.165) is 5.65 Å². The van der Waals surface area contributed by atoms with Crippen molar-refractivity contribution in [3.05, 3.63) is 65.1 Å². The number of fused-ring (bicyclic) bond motifs is 1. The number of carbonyl (C=O) groups is 2. The number of nitrogens with one attached hydrogen (secondary N) is 2. The molecular formula is C18H18ClN5O2. The summed E-state index contributed by atoms with van der Waals surface area (Å²) in [4.78, 5) is 23.9. The minimum atomic E-state index is -0.183. The van der Waals surface area contributed by atoms with Gasteiger partial charge in [-0.2, -0.15) is 0 Å². The normalized spacial score (nSPS) is 10.7. The molecule has 0 aliphatic rings. The van der Waals surface area contributed by atoms with E-state index in [2.05, 4.69) is 20.8 Å². The van der Waals surface area contributed by atoms with Crippen molar-refractivity contribution >= 4 is 29.1 Å². The van der Waals surface area contributed by atoms with Crippen LogP contribution in [0.4, 0.5) is 0 Å². The van der Waals surface area contributed by atoms with Gasteiger partial charge in [0.05, 0.1) is 6.54 Å². The Kier molecular flexibility index (Phi) is 5.80. The summed E-state index contributed by atoms with van der Waals surface area (Å²) in [5.74, 6) is 0.389. The van der Waals surface area contributed by atoms with E-state index in [1.165, 1.54) is 0 Å². The van der Waals surface area contributed by atoms with Crippen LogP contribution in [0.15, 0.2) is 48.7 Å². The van der Waals surface area contributed by atoms with Gasteiger partial charge in [0, 0.05) is 29.7 Å². The van der Waals surface area contributed by atoms with Crippen LogP contribution in [0.25, 0.3) is 5.65 Å². The number of benzene rings is 1. The van der Waals surface area contributed by atoms with E-state index < -0.39 is 0 Å². The van der Waals surface area contributed by atoms with Crippen LogP contribution < -0.4 is 10.6 Å². The molecule has 134 valence electrons. The molecule has 2 amide bonds. The molecule has 2 N–H and O–H groups in total. The first-order valence-corrected chi connectivity index (χ1v) is 8.60. The SMILES string of the molecule is O=C(CCCNC(=O)c1ccc(Cl)cc1)NCc1nnc2ccccn12. The zero-order chi connectivity index (χ0) is 18.4. The number of amides is 2. The van der Waals surface area contributed by atoms with Gasteiger partial charge in [-0.15, -0.1) is 10.2 Å².